The molecule has 5 heteroatoms. The summed E-state index contributed by atoms with van der Waals surface area (Å²) in [7, 11) is 1.37. The van der Waals surface area contributed by atoms with Crippen molar-refractivity contribution in [1.29, 1.82) is 0 Å². The smallest absolute Gasteiger partial charge is 0.313 e. The zero-order valence-electron chi connectivity index (χ0n) is 10.9. The van der Waals surface area contributed by atoms with Gasteiger partial charge in [-0.2, -0.15) is 0 Å². The van der Waals surface area contributed by atoms with Crippen LogP contribution in [0, 0.1) is 12.3 Å². The molecule has 0 aliphatic rings. The number of halogens is 2. The number of esters is 1. The molecule has 0 bridgehead atoms. The van der Waals surface area contributed by atoms with Crippen LogP contribution < -0.4 is 5.32 Å². The SMILES string of the molecule is COC(=O)C(C)(C)CNc1cc(Cl)c(C)cc1Cl. The Hall–Kier alpha value is -0.930. The van der Waals surface area contributed by atoms with Crippen molar-refractivity contribution in [3.05, 3.63) is 27.7 Å². The van der Waals surface area contributed by atoms with E-state index in [1.165, 1.54) is 7.11 Å². The highest BCUT2D eigenvalue weighted by Gasteiger charge is 2.28. The normalized spacial score (nSPS) is 11.2. The fraction of sp³-hybridized carbons (Fsp3) is 0.462. The van der Waals surface area contributed by atoms with Crippen molar-refractivity contribution >= 4 is 34.9 Å². The highest BCUT2D eigenvalue weighted by atomic mass is 35.5. The van der Waals surface area contributed by atoms with Gasteiger partial charge in [-0.15, -0.1) is 0 Å². The van der Waals surface area contributed by atoms with E-state index in [4.69, 9.17) is 27.9 Å². The number of benzene rings is 1. The van der Waals surface area contributed by atoms with Crippen LogP contribution in [0.3, 0.4) is 0 Å². The van der Waals surface area contributed by atoms with Crippen molar-refractivity contribution in [3.63, 3.8) is 0 Å². The van der Waals surface area contributed by atoms with Crippen LogP contribution in [0.25, 0.3) is 0 Å². The molecule has 0 atom stereocenters. The number of anilines is 1. The molecule has 0 fully saturated rings. The highest BCUT2D eigenvalue weighted by molar-refractivity contribution is 6.35. The van der Waals surface area contributed by atoms with Gasteiger partial charge in [0.15, 0.2) is 0 Å². The monoisotopic (exact) mass is 289 g/mol. The van der Waals surface area contributed by atoms with Gasteiger partial charge in [0.25, 0.3) is 0 Å². The average molecular weight is 290 g/mol. The van der Waals surface area contributed by atoms with Gasteiger partial charge in [0.05, 0.1) is 23.2 Å². The standard InChI is InChI=1S/C13H17Cl2NO2/c1-8-5-10(15)11(6-9(8)14)16-7-13(2,3)12(17)18-4/h5-6,16H,7H2,1-4H3. The Balaban J connectivity index is 2.81. The molecule has 0 spiro atoms. The van der Waals surface area contributed by atoms with Crippen molar-refractivity contribution in [2.45, 2.75) is 20.8 Å². The fourth-order valence-corrected chi connectivity index (χ4v) is 1.90. The quantitative estimate of drug-likeness (QED) is 0.854. The number of aryl methyl sites for hydroxylation is 1. The van der Waals surface area contributed by atoms with Gasteiger partial charge in [-0.1, -0.05) is 23.2 Å². The lowest BCUT2D eigenvalue weighted by molar-refractivity contribution is -0.149. The van der Waals surface area contributed by atoms with E-state index < -0.39 is 5.41 Å². The van der Waals surface area contributed by atoms with Crippen molar-refractivity contribution in [2.75, 3.05) is 19.0 Å². The van der Waals surface area contributed by atoms with Crippen LogP contribution in [-0.4, -0.2) is 19.6 Å². The summed E-state index contributed by atoms with van der Waals surface area (Å²) in [5.41, 5.74) is 0.999. The Morgan fingerprint density at radius 1 is 1.33 bits per heavy atom. The van der Waals surface area contributed by atoms with Crippen LogP contribution >= 0.6 is 23.2 Å². The van der Waals surface area contributed by atoms with Gasteiger partial charge in [-0.3, -0.25) is 4.79 Å². The minimum Gasteiger partial charge on any atom is -0.469 e. The van der Waals surface area contributed by atoms with E-state index in [0.29, 0.717) is 22.3 Å². The summed E-state index contributed by atoms with van der Waals surface area (Å²) in [5, 5.41) is 4.34. The second-order valence-electron chi connectivity index (χ2n) is 4.81. The second kappa shape index (κ2) is 5.81. The molecular formula is C13H17Cl2NO2. The van der Waals surface area contributed by atoms with E-state index in [9.17, 15) is 4.79 Å². The molecule has 0 amide bonds. The topological polar surface area (TPSA) is 38.3 Å². The van der Waals surface area contributed by atoms with Gasteiger partial charge in [0, 0.05) is 11.6 Å². The fourth-order valence-electron chi connectivity index (χ4n) is 1.45. The Morgan fingerprint density at radius 2 is 1.94 bits per heavy atom. The Labute approximate surface area is 117 Å². The summed E-state index contributed by atoms with van der Waals surface area (Å²) in [4.78, 5) is 11.5. The number of methoxy groups -OCH3 is 1. The van der Waals surface area contributed by atoms with E-state index in [-0.39, 0.29) is 5.97 Å². The molecule has 1 rings (SSSR count). The summed E-state index contributed by atoms with van der Waals surface area (Å²) in [6, 6.07) is 3.55. The number of ether oxygens (including phenoxy) is 1. The van der Waals surface area contributed by atoms with Gasteiger partial charge in [-0.25, -0.2) is 0 Å². The summed E-state index contributed by atoms with van der Waals surface area (Å²) >= 11 is 12.1. The molecule has 0 aromatic heterocycles. The molecule has 0 radical (unpaired) electrons. The molecule has 0 saturated carbocycles. The molecule has 0 unspecified atom stereocenters. The number of hydrogen-bond donors (Lipinski definition) is 1. The number of rotatable bonds is 4. The van der Waals surface area contributed by atoms with Crippen LogP contribution in [0.2, 0.25) is 10.0 Å². The van der Waals surface area contributed by atoms with E-state index in [0.717, 1.165) is 5.56 Å². The van der Waals surface area contributed by atoms with Crippen LogP contribution in [-0.2, 0) is 9.53 Å². The maximum Gasteiger partial charge on any atom is 0.313 e. The molecule has 3 nitrogen and oxygen atoms in total. The molecular weight excluding hydrogens is 273 g/mol. The summed E-state index contributed by atoms with van der Waals surface area (Å²) < 4.78 is 4.74. The first-order valence-electron chi connectivity index (χ1n) is 5.56. The highest BCUT2D eigenvalue weighted by Crippen LogP contribution is 2.30. The summed E-state index contributed by atoms with van der Waals surface area (Å²) in [6.45, 7) is 5.90. The van der Waals surface area contributed by atoms with Crippen LogP contribution in [0.5, 0.6) is 0 Å². The van der Waals surface area contributed by atoms with Crippen molar-refractivity contribution in [2.24, 2.45) is 5.41 Å². The lowest BCUT2D eigenvalue weighted by Crippen LogP contribution is -2.33. The van der Waals surface area contributed by atoms with E-state index in [1.54, 1.807) is 26.0 Å². The molecule has 0 heterocycles. The molecule has 18 heavy (non-hydrogen) atoms. The number of hydrogen-bond acceptors (Lipinski definition) is 3. The van der Waals surface area contributed by atoms with Crippen molar-refractivity contribution < 1.29 is 9.53 Å². The number of carbonyl (C=O) groups excluding carboxylic acids is 1. The molecule has 100 valence electrons. The summed E-state index contributed by atoms with van der Waals surface area (Å²) in [6.07, 6.45) is 0. The average Bonchev–Trinajstić information content (AvgIpc) is 2.31. The number of carbonyl (C=O) groups is 1. The van der Waals surface area contributed by atoms with E-state index in [1.807, 2.05) is 6.92 Å². The van der Waals surface area contributed by atoms with Gasteiger partial charge in [0.2, 0.25) is 0 Å². The van der Waals surface area contributed by atoms with Gasteiger partial charge in [0.1, 0.15) is 0 Å². The maximum absolute atomic E-state index is 11.5. The minimum atomic E-state index is -0.630. The first-order valence-corrected chi connectivity index (χ1v) is 6.31. The Bertz CT molecular complexity index is 459. The van der Waals surface area contributed by atoms with Crippen molar-refractivity contribution in [3.8, 4) is 0 Å². The third kappa shape index (κ3) is 3.53. The Morgan fingerprint density at radius 3 is 2.50 bits per heavy atom. The molecule has 1 aromatic rings. The minimum absolute atomic E-state index is 0.274. The van der Waals surface area contributed by atoms with E-state index in [2.05, 4.69) is 5.32 Å². The first kappa shape index (κ1) is 15.1. The van der Waals surface area contributed by atoms with Crippen LogP contribution in [0.4, 0.5) is 5.69 Å². The van der Waals surface area contributed by atoms with Gasteiger partial charge in [-0.05, 0) is 38.5 Å². The second-order valence-corrected chi connectivity index (χ2v) is 5.62. The lowest BCUT2D eigenvalue weighted by Gasteiger charge is -2.23. The molecule has 0 aliphatic carbocycles. The van der Waals surface area contributed by atoms with Gasteiger partial charge < -0.3 is 10.1 Å². The largest absolute Gasteiger partial charge is 0.469 e. The molecule has 0 aliphatic heterocycles. The van der Waals surface area contributed by atoms with Gasteiger partial charge >= 0.3 is 5.97 Å². The predicted octanol–water partition coefficient (Wildman–Crippen LogP) is 3.91. The van der Waals surface area contributed by atoms with Crippen LogP contribution in [0.15, 0.2) is 12.1 Å². The number of nitrogens with one attached hydrogen (secondary N) is 1. The van der Waals surface area contributed by atoms with Crippen LogP contribution in [0.1, 0.15) is 19.4 Å². The Kier molecular flexibility index (Phi) is 4.88. The van der Waals surface area contributed by atoms with Crippen molar-refractivity contribution in [1.82, 2.24) is 0 Å². The first-order chi connectivity index (χ1) is 8.27. The zero-order valence-corrected chi connectivity index (χ0v) is 12.4. The maximum atomic E-state index is 11.5. The third-order valence-corrected chi connectivity index (χ3v) is 3.43. The lowest BCUT2D eigenvalue weighted by atomic mass is 9.93. The predicted molar refractivity (Wildman–Crippen MR) is 75.5 cm³/mol. The summed E-state index contributed by atoms with van der Waals surface area (Å²) in [5.74, 6) is -0.274. The molecule has 1 aromatic carbocycles. The molecule has 0 saturated heterocycles. The molecule has 1 N–H and O–H groups in total. The third-order valence-electron chi connectivity index (χ3n) is 2.71. The zero-order chi connectivity index (χ0) is 13.9. The van der Waals surface area contributed by atoms with E-state index >= 15 is 0 Å².